The molecule has 0 aliphatic rings. The SMILES string of the molecule is Cc1ccc2[nH]c3cccc(-c4ccccc4)c3c2c1. The fourth-order valence-corrected chi connectivity index (χ4v) is 2.92. The Balaban J connectivity index is 2.16. The number of benzene rings is 3. The van der Waals surface area contributed by atoms with E-state index in [2.05, 4.69) is 78.6 Å². The van der Waals surface area contributed by atoms with Crippen LogP contribution in [0.15, 0.2) is 66.7 Å². The second-order valence-corrected chi connectivity index (χ2v) is 5.27. The summed E-state index contributed by atoms with van der Waals surface area (Å²) in [6, 6.07) is 23.6. The van der Waals surface area contributed by atoms with E-state index in [1.54, 1.807) is 0 Å². The Morgan fingerprint density at radius 3 is 2.45 bits per heavy atom. The zero-order valence-corrected chi connectivity index (χ0v) is 11.4. The molecule has 0 radical (unpaired) electrons. The first-order valence-corrected chi connectivity index (χ1v) is 6.89. The van der Waals surface area contributed by atoms with Crippen molar-refractivity contribution in [3.63, 3.8) is 0 Å². The Hall–Kier alpha value is -2.54. The van der Waals surface area contributed by atoms with E-state index in [0.717, 1.165) is 0 Å². The Morgan fingerprint density at radius 1 is 0.750 bits per heavy atom. The lowest BCUT2D eigenvalue weighted by atomic mass is 9.99. The molecule has 0 aliphatic carbocycles. The minimum atomic E-state index is 1.20. The second-order valence-electron chi connectivity index (χ2n) is 5.27. The van der Waals surface area contributed by atoms with Crippen LogP contribution < -0.4 is 0 Å². The summed E-state index contributed by atoms with van der Waals surface area (Å²) in [7, 11) is 0. The highest BCUT2D eigenvalue weighted by atomic mass is 14.7. The van der Waals surface area contributed by atoms with E-state index in [0.29, 0.717) is 0 Å². The van der Waals surface area contributed by atoms with Gasteiger partial charge in [-0.2, -0.15) is 0 Å². The molecule has 0 bridgehead atoms. The number of aromatic nitrogens is 1. The Bertz CT molecular complexity index is 901. The molecule has 4 aromatic rings. The molecule has 0 fully saturated rings. The minimum absolute atomic E-state index is 1.20. The van der Waals surface area contributed by atoms with Gasteiger partial charge in [0.1, 0.15) is 0 Å². The molecule has 1 N–H and O–H groups in total. The van der Waals surface area contributed by atoms with Crippen molar-refractivity contribution in [2.45, 2.75) is 6.92 Å². The van der Waals surface area contributed by atoms with Crippen LogP contribution in [0.5, 0.6) is 0 Å². The van der Waals surface area contributed by atoms with E-state index in [9.17, 15) is 0 Å². The maximum Gasteiger partial charge on any atom is 0.0471 e. The summed E-state index contributed by atoms with van der Waals surface area (Å²) < 4.78 is 0. The van der Waals surface area contributed by atoms with Crippen LogP contribution >= 0.6 is 0 Å². The molecule has 20 heavy (non-hydrogen) atoms. The van der Waals surface area contributed by atoms with E-state index in [1.165, 1.54) is 38.5 Å². The highest BCUT2D eigenvalue weighted by Crippen LogP contribution is 2.34. The van der Waals surface area contributed by atoms with Crippen molar-refractivity contribution in [2.75, 3.05) is 0 Å². The lowest BCUT2D eigenvalue weighted by molar-refractivity contribution is 1.49. The first-order chi connectivity index (χ1) is 9.83. The number of hydrogen-bond donors (Lipinski definition) is 1. The number of hydrogen-bond acceptors (Lipinski definition) is 0. The van der Waals surface area contributed by atoms with Crippen LogP contribution in [0.4, 0.5) is 0 Å². The zero-order chi connectivity index (χ0) is 13.5. The van der Waals surface area contributed by atoms with Crippen molar-refractivity contribution >= 4 is 21.8 Å². The first-order valence-electron chi connectivity index (χ1n) is 6.89. The van der Waals surface area contributed by atoms with Gasteiger partial charge in [0.15, 0.2) is 0 Å². The van der Waals surface area contributed by atoms with Crippen molar-refractivity contribution < 1.29 is 0 Å². The van der Waals surface area contributed by atoms with E-state index < -0.39 is 0 Å². The average molecular weight is 257 g/mol. The van der Waals surface area contributed by atoms with Crippen LogP contribution in [0.3, 0.4) is 0 Å². The standard InChI is InChI=1S/C19H15N/c1-13-10-11-17-16(12-13)19-15(8-5-9-18(19)20-17)14-6-3-2-4-7-14/h2-12,20H,1H3. The maximum absolute atomic E-state index is 3.52. The Kier molecular flexibility index (Phi) is 2.40. The summed E-state index contributed by atoms with van der Waals surface area (Å²) in [6.45, 7) is 2.14. The van der Waals surface area contributed by atoms with Crippen molar-refractivity contribution in [1.82, 2.24) is 4.98 Å². The molecule has 4 rings (SSSR count). The fourth-order valence-electron chi connectivity index (χ4n) is 2.92. The molecule has 0 atom stereocenters. The summed E-state index contributed by atoms with van der Waals surface area (Å²) in [5, 5.41) is 2.62. The third-order valence-corrected chi connectivity index (χ3v) is 3.86. The van der Waals surface area contributed by atoms with Gasteiger partial charge in [-0.05, 0) is 36.2 Å². The summed E-state index contributed by atoms with van der Waals surface area (Å²) in [6.07, 6.45) is 0. The van der Waals surface area contributed by atoms with E-state index in [-0.39, 0.29) is 0 Å². The molecule has 1 nitrogen and oxygen atoms in total. The van der Waals surface area contributed by atoms with Gasteiger partial charge in [-0.15, -0.1) is 0 Å². The average Bonchev–Trinajstić information content (AvgIpc) is 2.86. The predicted octanol–water partition coefficient (Wildman–Crippen LogP) is 5.30. The molecule has 1 aromatic heterocycles. The molecule has 3 aromatic carbocycles. The van der Waals surface area contributed by atoms with Crippen LogP contribution in [0.2, 0.25) is 0 Å². The molecule has 96 valence electrons. The highest BCUT2D eigenvalue weighted by molar-refractivity contribution is 6.14. The smallest absolute Gasteiger partial charge is 0.0471 e. The molecule has 1 heterocycles. The summed E-state index contributed by atoms with van der Waals surface area (Å²) >= 11 is 0. The van der Waals surface area contributed by atoms with Crippen LogP contribution in [0.25, 0.3) is 32.9 Å². The second kappa shape index (κ2) is 4.24. The van der Waals surface area contributed by atoms with E-state index >= 15 is 0 Å². The van der Waals surface area contributed by atoms with Gasteiger partial charge in [0.2, 0.25) is 0 Å². The molecule has 0 saturated carbocycles. The summed E-state index contributed by atoms with van der Waals surface area (Å²) in [5.41, 5.74) is 6.25. The molecule has 0 saturated heterocycles. The Morgan fingerprint density at radius 2 is 1.60 bits per heavy atom. The maximum atomic E-state index is 3.52. The van der Waals surface area contributed by atoms with Gasteiger partial charge in [-0.3, -0.25) is 0 Å². The number of nitrogens with one attached hydrogen (secondary N) is 1. The van der Waals surface area contributed by atoms with Gasteiger partial charge in [0.05, 0.1) is 0 Å². The van der Waals surface area contributed by atoms with Crippen LogP contribution in [0.1, 0.15) is 5.56 Å². The molecular formula is C19H15N. The van der Waals surface area contributed by atoms with Crippen molar-refractivity contribution in [2.24, 2.45) is 0 Å². The molecule has 0 aliphatic heterocycles. The molecule has 0 unspecified atom stereocenters. The molecule has 0 amide bonds. The van der Waals surface area contributed by atoms with Gasteiger partial charge in [0, 0.05) is 21.8 Å². The van der Waals surface area contributed by atoms with Gasteiger partial charge >= 0.3 is 0 Å². The van der Waals surface area contributed by atoms with Gasteiger partial charge in [0.25, 0.3) is 0 Å². The predicted molar refractivity (Wildman–Crippen MR) is 86.0 cm³/mol. The lowest BCUT2D eigenvalue weighted by Crippen LogP contribution is -1.79. The normalized spacial score (nSPS) is 11.2. The van der Waals surface area contributed by atoms with Crippen LogP contribution in [0, 0.1) is 6.92 Å². The minimum Gasteiger partial charge on any atom is -0.354 e. The van der Waals surface area contributed by atoms with Gasteiger partial charge in [-0.1, -0.05) is 54.1 Å². The van der Waals surface area contributed by atoms with E-state index in [1.807, 2.05) is 0 Å². The third-order valence-electron chi connectivity index (χ3n) is 3.86. The molecule has 0 spiro atoms. The van der Waals surface area contributed by atoms with E-state index in [4.69, 9.17) is 0 Å². The third kappa shape index (κ3) is 1.64. The largest absolute Gasteiger partial charge is 0.354 e. The summed E-state index contributed by atoms with van der Waals surface area (Å²) in [4.78, 5) is 3.52. The number of fused-ring (bicyclic) bond motifs is 3. The monoisotopic (exact) mass is 257 g/mol. The summed E-state index contributed by atoms with van der Waals surface area (Å²) in [5.74, 6) is 0. The number of aryl methyl sites for hydroxylation is 1. The first kappa shape index (κ1) is 11.3. The van der Waals surface area contributed by atoms with Crippen molar-refractivity contribution in [3.05, 3.63) is 72.3 Å². The van der Waals surface area contributed by atoms with Crippen molar-refractivity contribution in [3.8, 4) is 11.1 Å². The van der Waals surface area contributed by atoms with Crippen LogP contribution in [-0.4, -0.2) is 4.98 Å². The number of rotatable bonds is 1. The van der Waals surface area contributed by atoms with Crippen LogP contribution in [-0.2, 0) is 0 Å². The topological polar surface area (TPSA) is 15.8 Å². The fraction of sp³-hybridized carbons (Fsp3) is 0.0526. The van der Waals surface area contributed by atoms with Gasteiger partial charge < -0.3 is 4.98 Å². The molecular weight excluding hydrogens is 242 g/mol. The van der Waals surface area contributed by atoms with Crippen molar-refractivity contribution in [1.29, 1.82) is 0 Å². The quantitative estimate of drug-likeness (QED) is 0.476. The molecule has 1 heteroatoms. The Labute approximate surface area is 117 Å². The zero-order valence-electron chi connectivity index (χ0n) is 11.4. The number of H-pyrrole nitrogens is 1. The highest BCUT2D eigenvalue weighted by Gasteiger charge is 2.09. The lowest BCUT2D eigenvalue weighted by Gasteiger charge is -2.04. The van der Waals surface area contributed by atoms with Gasteiger partial charge in [-0.25, -0.2) is 0 Å². The number of aromatic amines is 1.